The van der Waals surface area contributed by atoms with E-state index < -0.39 is 0 Å². The van der Waals surface area contributed by atoms with Crippen LogP contribution in [0.2, 0.25) is 0 Å². The molecule has 5 nitrogen and oxygen atoms in total. The normalized spacial score (nSPS) is 18.2. The maximum atomic E-state index is 12.0. The van der Waals surface area contributed by atoms with Crippen LogP contribution in [0.3, 0.4) is 0 Å². The molecular weight excluding hydrogens is 322 g/mol. The van der Waals surface area contributed by atoms with E-state index in [1.165, 1.54) is 0 Å². The van der Waals surface area contributed by atoms with E-state index in [1.807, 2.05) is 18.2 Å². The Labute approximate surface area is 125 Å². The fourth-order valence-electron chi connectivity index (χ4n) is 2.32. The first-order chi connectivity index (χ1) is 9.72. The Balaban J connectivity index is 1.59. The highest BCUT2D eigenvalue weighted by Crippen LogP contribution is 2.18. The lowest BCUT2D eigenvalue weighted by Gasteiger charge is -2.17. The summed E-state index contributed by atoms with van der Waals surface area (Å²) in [5.41, 5.74) is 0. The topological polar surface area (TPSA) is 58.4 Å². The number of pyridine rings is 1. The van der Waals surface area contributed by atoms with E-state index in [2.05, 4.69) is 31.1 Å². The van der Waals surface area contributed by atoms with Crippen LogP contribution in [0.5, 0.6) is 0 Å². The summed E-state index contributed by atoms with van der Waals surface area (Å²) < 4.78 is 5.81. The molecule has 1 aliphatic heterocycles. The molecule has 1 unspecified atom stereocenters. The second kappa shape index (κ2) is 5.66. The molecule has 1 saturated heterocycles. The molecule has 0 bridgehead atoms. The van der Waals surface area contributed by atoms with Crippen molar-refractivity contribution < 1.29 is 9.21 Å². The maximum Gasteiger partial charge on any atom is 0.287 e. The van der Waals surface area contributed by atoms with E-state index >= 15 is 0 Å². The van der Waals surface area contributed by atoms with Gasteiger partial charge in [-0.1, -0.05) is 6.07 Å². The summed E-state index contributed by atoms with van der Waals surface area (Å²) in [6.07, 6.45) is 2.69. The van der Waals surface area contributed by atoms with E-state index in [4.69, 9.17) is 4.42 Å². The van der Waals surface area contributed by atoms with Crippen molar-refractivity contribution in [1.82, 2.24) is 10.3 Å². The van der Waals surface area contributed by atoms with Crippen LogP contribution in [-0.2, 0) is 0 Å². The van der Waals surface area contributed by atoms with Gasteiger partial charge < -0.3 is 14.6 Å². The molecule has 1 atom stereocenters. The van der Waals surface area contributed by atoms with E-state index in [-0.39, 0.29) is 11.9 Å². The summed E-state index contributed by atoms with van der Waals surface area (Å²) in [5.74, 6) is 1.10. The zero-order chi connectivity index (χ0) is 13.9. The molecule has 0 radical (unpaired) electrons. The third-order valence-corrected chi connectivity index (χ3v) is 3.72. The molecule has 6 heteroatoms. The van der Waals surface area contributed by atoms with Gasteiger partial charge in [-0.05, 0) is 46.6 Å². The summed E-state index contributed by atoms with van der Waals surface area (Å²) in [6, 6.07) is 9.33. The highest BCUT2D eigenvalue weighted by Gasteiger charge is 2.25. The number of nitrogens with one attached hydrogen (secondary N) is 1. The minimum atomic E-state index is -0.177. The molecule has 1 fully saturated rings. The second-order valence-corrected chi connectivity index (χ2v) is 5.48. The molecule has 0 saturated carbocycles. The monoisotopic (exact) mass is 335 g/mol. The van der Waals surface area contributed by atoms with Gasteiger partial charge in [-0.25, -0.2) is 4.98 Å². The van der Waals surface area contributed by atoms with Gasteiger partial charge in [-0.2, -0.15) is 0 Å². The van der Waals surface area contributed by atoms with Gasteiger partial charge in [0.2, 0.25) is 0 Å². The van der Waals surface area contributed by atoms with Crippen molar-refractivity contribution in [2.75, 3.05) is 18.0 Å². The standard InChI is InChI=1S/C14H14BrN3O2/c15-12-5-4-11(20-12)14(19)17-10-6-8-18(9-10)13-3-1-2-7-16-13/h1-5,7,10H,6,8-9H2,(H,17,19). The average molecular weight is 336 g/mol. The second-order valence-electron chi connectivity index (χ2n) is 4.70. The van der Waals surface area contributed by atoms with Crippen LogP contribution in [0.15, 0.2) is 45.6 Å². The van der Waals surface area contributed by atoms with Crippen LogP contribution in [0.25, 0.3) is 0 Å². The van der Waals surface area contributed by atoms with Gasteiger partial charge in [0.15, 0.2) is 10.4 Å². The summed E-state index contributed by atoms with van der Waals surface area (Å²) in [5, 5.41) is 2.99. The molecule has 104 valence electrons. The predicted octanol–water partition coefficient (Wildman–Crippen LogP) is 2.45. The van der Waals surface area contributed by atoms with Crippen molar-refractivity contribution in [2.24, 2.45) is 0 Å². The number of carbonyl (C=O) groups excluding carboxylic acids is 1. The number of furan rings is 1. The van der Waals surface area contributed by atoms with Gasteiger partial charge in [0.25, 0.3) is 5.91 Å². The van der Waals surface area contributed by atoms with E-state index in [9.17, 15) is 4.79 Å². The number of hydrogen-bond acceptors (Lipinski definition) is 4. The molecule has 0 aromatic carbocycles. The molecule has 3 rings (SSSR count). The SMILES string of the molecule is O=C(NC1CCN(c2ccccn2)C1)c1ccc(Br)o1. The Morgan fingerprint density at radius 1 is 1.40 bits per heavy atom. The first-order valence-corrected chi connectivity index (χ1v) is 7.24. The number of hydrogen-bond donors (Lipinski definition) is 1. The third-order valence-electron chi connectivity index (χ3n) is 3.29. The van der Waals surface area contributed by atoms with Crippen molar-refractivity contribution in [3.63, 3.8) is 0 Å². The molecule has 1 aliphatic rings. The number of anilines is 1. The van der Waals surface area contributed by atoms with Crippen LogP contribution < -0.4 is 10.2 Å². The zero-order valence-corrected chi connectivity index (χ0v) is 12.3. The van der Waals surface area contributed by atoms with E-state index in [1.54, 1.807) is 18.3 Å². The Morgan fingerprint density at radius 2 is 2.30 bits per heavy atom. The van der Waals surface area contributed by atoms with Gasteiger partial charge in [0, 0.05) is 25.3 Å². The molecule has 3 heterocycles. The largest absolute Gasteiger partial charge is 0.444 e. The minimum absolute atomic E-state index is 0.119. The Kier molecular flexibility index (Phi) is 3.73. The van der Waals surface area contributed by atoms with Crippen LogP contribution in [0, 0.1) is 0 Å². The quantitative estimate of drug-likeness (QED) is 0.935. The van der Waals surface area contributed by atoms with Crippen molar-refractivity contribution in [3.05, 3.63) is 47.0 Å². The lowest BCUT2D eigenvalue weighted by molar-refractivity contribution is 0.0911. The van der Waals surface area contributed by atoms with Crippen LogP contribution in [0.4, 0.5) is 5.82 Å². The molecule has 0 spiro atoms. The predicted molar refractivity (Wildman–Crippen MR) is 78.7 cm³/mol. The molecule has 1 N–H and O–H groups in total. The zero-order valence-electron chi connectivity index (χ0n) is 10.8. The van der Waals surface area contributed by atoms with E-state index in [0.29, 0.717) is 10.4 Å². The summed E-state index contributed by atoms with van der Waals surface area (Å²) in [4.78, 5) is 18.5. The van der Waals surface area contributed by atoms with Gasteiger partial charge in [-0.3, -0.25) is 4.79 Å². The summed E-state index contributed by atoms with van der Waals surface area (Å²) in [6.45, 7) is 1.66. The van der Waals surface area contributed by atoms with Crippen molar-refractivity contribution in [2.45, 2.75) is 12.5 Å². The molecule has 2 aromatic heterocycles. The molecule has 1 amide bonds. The summed E-state index contributed by atoms with van der Waals surface area (Å²) >= 11 is 3.19. The fourth-order valence-corrected chi connectivity index (χ4v) is 2.63. The lowest BCUT2D eigenvalue weighted by Crippen LogP contribution is -2.37. The van der Waals surface area contributed by atoms with Crippen LogP contribution in [-0.4, -0.2) is 30.0 Å². The minimum Gasteiger partial charge on any atom is -0.444 e. The highest BCUT2D eigenvalue weighted by atomic mass is 79.9. The van der Waals surface area contributed by atoms with Crippen molar-refractivity contribution >= 4 is 27.7 Å². The first-order valence-electron chi connectivity index (χ1n) is 6.44. The highest BCUT2D eigenvalue weighted by molar-refractivity contribution is 9.10. The van der Waals surface area contributed by atoms with Crippen molar-refractivity contribution in [1.29, 1.82) is 0 Å². The molecule has 20 heavy (non-hydrogen) atoms. The number of aromatic nitrogens is 1. The molecule has 2 aromatic rings. The van der Waals surface area contributed by atoms with Crippen LogP contribution >= 0.6 is 15.9 Å². The Hall–Kier alpha value is -1.82. The van der Waals surface area contributed by atoms with E-state index in [0.717, 1.165) is 25.3 Å². The van der Waals surface area contributed by atoms with Crippen LogP contribution in [0.1, 0.15) is 17.0 Å². The fraction of sp³-hybridized carbons (Fsp3) is 0.286. The smallest absolute Gasteiger partial charge is 0.287 e. The van der Waals surface area contributed by atoms with Gasteiger partial charge in [0.05, 0.1) is 0 Å². The Morgan fingerprint density at radius 3 is 3.00 bits per heavy atom. The summed E-state index contributed by atoms with van der Waals surface area (Å²) in [7, 11) is 0. The molecule has 0 aliphatic carbocycles. The van der Waals surface area contributed by atoms with Gasteiger partial charge in [-0.15, -0.1) is 0 Å². The number of halogens is 1. The number of rotatable bonds is 3. The van der Waals surface area contributed by atoms with Crippen molar-refractivity contribution in [3.8, 4) is 0 Å². The first kappa shape index (κ1) is 13.2. The number of nitrogens with zero attached hydrogens (tertiary/aromatic N) is 2. The Bertz CT molecular complexity index is 599. The lowest BCUT2D eigenvalue weighted by atomic mass is 10.2. The molecular formula is C14H14BrN3O2. The van der Waals surface area contributed by atoms with Gasteiger partial charge >= 0.3 is 0 Å². The third kappa shape index (κ3) is 2.85. The van der Waals surface area contributed by atoms with Gasteiger partial charge in [0.1, 0.15) is 5.82 Å². The average Bonchev–Trinajstić information content (AvgIpc) is 3.09. The number of carbonyl (C=O) groups is 1. The maximum absolute atomic E-state index is 12.0. The number of amides is 1.